The first kappa shape index (κ1) is 13.5. The lowest BCUT2D eigenvalue weighted by Gasteiger charge is -2.36. The van der Waals surface area contributed by atoms with Gasteiger partial charge in [0.05, 0.1) is 0 Å². The lowest BCUT2D eigenvalue weighted by Crippen LogP contribution is -2.32. The SMILES string of the molecule is CC.CC(C)(C)C(C)(C)CO. The molecule has 0 unspecified atom stereocenters. The highest BCUT2D eigenvalue weighted by Gasteiger charge is 2.31. The molecule has 0 aromatic rings. The Kier molecular flexibility index (Phi) is 5.86. The Hall–Kier alpha value is -0.0400. The van der Waals surface area contributed by atoms with Crippen LogP contribution >= 0.6 is 0 Å². The summed E-state index contributed by atoms with van der Waals surface area (Å²) in [6, 6.07) is 0. The third kappa shape index (κ3) is 4.41. The highest BCUT2D eigenvalue weighted by atomic mass is 16.3. The number of hydrogen-bond acceptors (Lipinski definition) is 1. The van der Waals surface area contributed by atoms with Crippen LogP contribution in [0.3, 0.4) is 0 Å². The van der Waals surface area contributed by atoms with Crippen LogP contribution in [-0.4, -0.2) is 11.7 Å². The predicted octanol–water partition coefficient (Wildman–Crippen LogP) is 3.08. The largest absolute Gasteiger partial charge is 0.396 e. The summed E-state index contributed by atoms with van der Waals surface area (Å²) in [5.41, 5.74) is 0.231. The Morgan fingerprint density at radius 3 is 1.18 bits per heavy atom. The zero-order valence-electron chi connectivity index (χ0n) is 9.15. The van der Waals surface area contributed by atoms with Gasteiger partial charge < -0.3 is 5.11 Å². The highest BCUT2D eigenvalue weighted by molar-refractivity contribution is 4.80. The van der Waals surface area contributed by atoms with Gasteiger partial charge in [0.15, 0.2) is 0 Å². The molecule has 0 saturated carbocycles. The van der Waals surface area contributed by atoms with E-state index in [9.17, 15) is 0 Å². The summed E-state index contributed by atoms with van der Waals surface area (Å²) in [6.07, 6.45) is 0. The van der Waals surface area contributed by atoms with Gasteiger partial charge in [-0.15, -0.1) is 0 Å². The first-order chi connectivity index (χ1) is 4.81. The van der Waals surface area contributed by atoms with E-state index in [1.54, 1.807) is 0 Å². The Morgan fingerprint density at radius 1 is 0.909 bits per heavy atom. The average Bonchev–Trinajstić information content (AvgIpc) is 1.90. The van der Waals surface area contributed by atoms with E-state index in [0.29, 0.717) is 0 Å². The van der Waals surface area contributed by atoms with Crippen molar-refractivity contribution in [1.82, 2.24) is 0 Å². The van der Waals surface area contributed by atoms with Gasteiger partial charge >= 0.3 is 0 Å². The van der Waals surface area contributed by atoms with Crippen molar-refractivity contribution in [2.45, 2.75) is 48.5 Å². The zero-order chi connectivity index (χ0) is 9.71. The summed E-state index contributed by atoms with van der Waals surface area (Å²) in [5.74, 6) is 0. The van der Waals surface area contributed by atoms with Crippen molar-refractivity contribution < 1.29 is 5.11 Å². The summed E-state index contributed by atoms with van der Waals surface area (Å²) < 4.78 is 0. The second-order valence-corrected chi connectivity index (χ2v) is 4.29. The molecular formula is C10H24O. The van der Waals surface area contributed by atoms with Gasteiger partial charge in [-0.3, -0.25) is 0 Å². The lowest BCUT2D eigenvalue weighted by molar-refractivity contribution is 0.0503. The van der Waals surface area contributed by atoms with Gasteiger partial charge in [0.25, 0.3) is 0 Å². The summed E-state index contributed by atoms with van der Waals surface area (Å²) >= 11 is 0. The minimum Gasteiger partial charge on any atom is -0.396 e. The fourth-order valence-corrected chi connectivity index (χ4v) is 0.237. The monoisotopic (exact) mass is 160 g/mol. The molecule has 0 saturated heterocycles. The van der Waals surface area contributed by atoms with E-state index in [2.05, 4.69) is 34.6 Å². The molecule has 0 rings (SSSR count). The Bertz CT molecular complexity index is 87.5. The van der Waals surface area contributed by atoms with Crippen LogP contribution in [0, 0.1) is 10.8 Å². The van der Waals surface area contributed by atoms with E-state index < -0.39 is 0 Å². The van der Waals surface area contributed by atoms with Crippen LogP contribution in [0.2, 0.25) is 0 Å². The predicted molar refractivity (Wildman–Crippen MR) is 51.7 cm³/mol. The summed E-state index contributed by atoms with van der Waals surface area (Å²) in [7, 11) is 0. The molecule has 0 bridgehead atoms. The van der Waals surface area contributed by atoms with Crippen molar-refractivity contribution in [3.8, 4) is 0 Å². The van der Waals surface area contributed by atoms with Crippen LogP contribution in [-0.2, 0) is 0 Å². The molecule has 1 heteroatoms. The number of hydrogen-bond donors (Lipinski definition) is 1. The van der Waals surface area contributed by atoms with E-state index in [0.717, 1.165) is 0 Å². The number of aliphatic hydroxyl groups is 1. The van der Waals surface area contributed by atoms with Crippen molar-refractivity contribution in [3.63, 3.8) is 0 Å². The molecule has 0 atom stereocenters. The van der Waals surface area contributed by atoms with Crippen molar-refractivity contribution >= 4 is 0 Å². The topological polar surface area (TPSA) is 20.2 Å². The lowest BCUT2D eigenvalue weighted by atomic mass is 9.70. The molecule has 0 aromatic carbocycles. The summed E-state index contributed by atoms with van der Waals surface area (Å²) in [4.78, 5) is 0. The van der Waals surface area contributed by atoms with Crippen LogP contribution in [0.1, 0.15) is 48.5 Å². The molecule has 0 aromatic heterocycles. The standard InChI is InChI=1S/C8H18O.C2H6/c1-7(2,3)8(4,5)6-9;1-2/h9H,6H2,1-5H3;1-2H3. The van der Waals surface area contributed by atoms with Crippen molar-refractivity contribution in [3.05, 3.63) is 0 Å². The van der Waals surface area contributed by atoms with Crippen molar-refractivity contribution in [1.29, 1.82) is 0 Å². The second kappa shape index (κ2) is 4.76. The molecule has 0 aliphatic carbocycles. The summed E-state index contributed by atoms with van der Waals surface area (Å²) in [5, 5.41) is 8.93. The molecule has 70 valence electrons. The third-order valence-corrected chi connectivity index (χ3v) is 2.43. The van der Waals surface area contributed by atoms with E-state index in [4.69, 9.17) is 5.11 Å². The molecule has 0 spiro atoms. The van der Waals surface area contributed by atoms with Crippen LogP contribution in [0.4, 0.5) is 0 Å². The van der Waals surface area contributed by atoms with E-state index in [1.807, 2.05) is 13.8 Å². The zero-order valence-corrected chi connectivity index (χ0v) is 9.15. The Morgan fingerprint density at radius 2 is 1.18 bits per heavy atom. The van der Waals surface area contributed by atoms with Crippen LogP contribution in [0.15, 0.2) is 0 Å². The van der Waals surface area contributed by atoms with E-state index in [-0.39, 0.29) is 17.4 Å². The highest BCUT2D eigenvalue weighted by Crippen LogP contribution is 2.36. The molecule has 0 aliphatic heterocycles. The Balaban J connectivity index is 0. The van der Waals surface area contributed by atoms with Gasteiger partial charge in [0.2, 0.25) is 0 Å². The molecule has 0 aliphatic rings. The number of rotatable bonds is 1. The number of aliphatic hydroxyl groups excluding tert-OH is 1. The van der Waals surface area contributed by atoms with Gasteiger partial charge in [-0.1, -0.05) is 48.5 Å². The van der Waals surface area contributed by atoms with E-state index in [1.165, 1.54) is 0 Å². The molecule has 0 radical (unpaired) electrons. The normalized spacial score (nSPS) is 12.0. The molecule has 0 amide bonds. The van der Waals surface area contributed by atoms with Crippen LogP contribution in [0.25, 0.3) is 0 Å². The molecule has 0 fully saturated rings. The fourth-order valence-electron chi connectivity index (χ4n) is 0.237. The molecular weight excluding hydrogens is 136 g/mol. The molecule has 1 N–H and O–H groups in total. The van der Waals surface area contributed by atoms with Crippen LogP contribution in [0.5, 0.6) is 0 Å². The average molecular weight is 160 g/mol. The quantitative estimate of drug-likeness (QED) is 0.625. The third-order valence-electron chi connectivity index (χ3n) is 2.43. The van der Waals surface area contributed by atoms with Gasteiger partial charge in [-0.05, 0) is 10.8 Å². The Labute approximate surface area is 71.8 Å². The van der Waals surface area contributed by atoms with Gasteiger partial charge in [-0.25, -0.2) is 0 Å². The van der Waals surface area contributed by atoms with Gasteiger partial charge in [0, 0.05) is 6.61 Å². The minimum absolute atomic E-state index is 0.0347. The summed E-state index contributed by atoms with van der Waals surface area (Å²) in [6.45, 7) is 14.8. The second-order valence-electron chi connectivity index (χ2n) is 4.29. The first-order valence-electron chi connectivity index (χ1n) is 4.42. The maximum Gasteiger partial charge on any atom is 0.0487 e. The van der Waals surface area contributed by atoms with E-state index >= 15 is 0 Å². The van der Waals surface area contributed by atoms with Crippen LogP contribution < -0.4 is 0 Å². The molecule has 1 nitrogen and oxygen atoms in total. The van der Waals surface area contributed by atoms with Gasteiger partial charge in [-0.2, -0.15) is 0 Å². The first-order valence-corrected chi connectivity index (χ1v) is 4.42. The maximum atomic E-state index is 8.93. The van der Waals surface area contributed by atoms with Crippen molar-refractivity contribution in [2.75, 3.05) is 6.61 Å². The smallest absolute Gasteiger partial charge is 0.0487 e. The van der Waals surface area contributed by atoms with Gasteiger partial charge in [0.1, 0.15) is 0 Å². The van der Waals surface area contributed by atoms with Crippen molar-refractivity contribution in [2.24, 2.45) is 10.8 Å². The fraction of sp³-hybridized carbons (Fsp3) is 1.00. The minimum atomic E-state index is 0.0347. The maximum absolute atomic E-state index is 8.93. The molecule has 11 heavy (non-hydrogen) atoms. The molecule has 0 heterocycles.